The molecule has 0 aliphatic carbocycles. The van der Waals surface area contributed by atoms with Gasteiger partial charge in [-0.25, -0.2) is 0 Å². The summed E-state index contributed by atoms with van der Waals surface area (Å²) in [6, 6.07) is 29.5. The van der Waals surface area contributed by atoms with Crippen molar-refractivity contribution in [2.75, 3.05) is 11.9 Å². The topological polar surface area (TPSA) is 58.3 Å². The number of rotatable bonds is 7. The minimum atomic E-state index is -3.95. The van der Waals surface area contributed by atoms with E-state index in [1.165, 1.54) is 31.3 Å². The van der Waals surface area contributed by atoms with E-state index in [0.717, 1.165) is 18.3 Å². The van der Waals surface area contributed by atoms with Crippen molar-refractivity contribution in [3.05, 3.63) is 107 Å². The Bertz CT molecular complexity index is 1470. The molecular formula is C27H25NO3PS2+. The molecule has 0 bridgehead atoms. The van der Waals surface area contributed by atoms with Crippen molar-refractivity contribution < 1.29 is 17.5 Å². The number of thioether (sulfide) groups is 1. The van der Waals surface area contributed by atoms with Gasteiger partial charge in [0.25, 0.3) is 10.1 Å². The van der Waals surface area contributed by atoms with Crippen molar-refractivity contribution in [2.24, 2.45) is 0 Å². The number of hydrogen-bond acceptors (Lipinski definition) is 3. The second-order valence-electron chi connectivity index (χ2n) is 8.25. The standard InChI is InChI=1S/C27H24NO3PS2/c29-34(30,31)18-8-17-32-25-13-6-7-14-26(25)33-27(32)19-22-15-16-28(20-21-9-2-1-3-10-21)24-12-5-4-11-23(22)24/h1-7,9-16,19H,8,17-18,20H2/p+1. The molecule has 1 aliphatic rings. The largest absolute Gasteiger partial charge is 0.286 e. The van der Waals surface area contributed by atoms with Crippen molar-refractivity contribution in [3.8, 4) is 0 Å². The summed E-state index contributed by atoms with van der Waals surface area (Å²) in [6.45, 7) is 0.806. The van der Waals surface area contributed by atoms with Crippen molar-refractivity contribution >= 4 is 52.1 Å². The number of hydrogen-bond donors (Lipinski definition) is 1. The van der Waals surface area contributed by atoms with Gasteiger partial charge >= 0.3 is 0 Å². The van der Waals surface area contributed by atoms with Crippen LogP contribution in [0, 0.1) is 0 Å². The Kier molecular flexibility index (Phi) is 6.84. The van der Waals surface area contributed by atoms with Crippen LogP contribution < -0.4 is 9.87 Å². The first kappa shape index (κ1) is 23.3. The third kappa shape index (κ3) is 5.26. The van der Waals surface area contributed by atoms with Gasteiger partial charge in [-0.3, -0.25) is 4.55 Å². The van der Waals surface area contributed by atoms with Crippen LogP contribution >= 0.6 is 19.7 Å². The molecule has 1 atom stereocenters. The highest BCUT2D eigenvalue weighted by Gasteiger charge is 2.28. The third-order valence-corrected chi connectivity index (χ3v) is 11.0. The average Bonchev–Trinajstić information content (AvgIpc) is 3.18. The minimum absolute atomic E-state index is 0.195. The first-order valence-corrected chi connectivity index (χ1v) is 15.1. The lowest BCUT2D eigenvalue weighted by Gasteiger charge is -2.14. The van der Waals surface area contributed by atoms with E-state index in [-0.39, 0.29) is 5.75 Å². The van der Waals surface area contributed by atoms with E-state index in [1.807, 2.05) is 18.2 Å². The van der Waals surface area contributed by atoms with E-state index in [9.17, 15) is 13.0 Å². The van der Waals surface area contributed by atoms with Gasteiger partial charge in [0, 0.05) is 27.2 Å². The molecule has 3 aromatic carbocycles. The summed E-state index contributed by atoms with van der Waals surface area (Å²) < 4.78 is 35.3. The lowest BCUT2D eigenvalue weighted by atomic mass is 10.1. The lowest BCUT2D eigenvalue weighted by Crippen LogP contribution is -2.34. The Morgan fingerprint density at radius 2 is 1.65 bits per heavy atom. The molecule has 0 amide bonds. The fourth-order valence-electron chi connectivity index (χ4n) is 4.28. The van der Waals surface area contributed by atoms with Crippen LogP contribution in [0.15, 0.2) is 101 Å². The highest BCUT2D eigenvalue weighted by Crippen LogP contribution is 2.60. The van der Waals surface area contributed by atoms with E-state index < -0.39 is 18.0 Å². The Morgan fingerprint density at radius 3 is 2.47 bits per heavy atom. The van der Waals surface area contributed by atoms with Gasteiger partial charge in [0.15, 0.2) is 12.7 Å². The number of para-hydroxylation sites is 1. The number of aromatic nitrogens is 1. The maximum absolute atomic E-state index is 11.3. The smallest absolute Gasteiger partial charge is 0.264 e. The third-order valence-electron chi connectivity index (χ3n) is 5.85. The van der Waals surface area contributed by atoms with Gasteiger partial charge in [-0.1, -0.05) is 72.4 Å². The molecule has 2 heterocycles. The molecule has 1 aromatic heterocycles. The zero-order chi connectivity index (χ0) is 23.5. The normalized spacial score (nSPS) is 16.7. The Hall–Kier alpha value is -2.50. The van der Waals surface area contributed by atoms with Gasteiger partial charge in [0.1, 0.15) is 0 Å². The minimum Gasteiger partial charge on any atom is -0.286 e. The Balaban J connectivity index is 1.51. The maximum atomic E-state index is 11.3. The highest BCUT2D eigenvalue weighted by molar-refractivity contribution is 8.14. The van der Waals surface area contributed by atoms with E-state index in [2.05, 4.69) is 83.6 Å². The number of benzene rings is 3. The molecule has 4 aromatic rings. The van der Waals surface area contributed by atoms with Crippen LogP contribution in [0.3, 0.4) is 0 Å². The summed E-state index contributed by atoms with van der Waals surface area (Å²) in [5.41, 5.74) is 3.60. The van der Waals surface area contributed by atoms with Crippen LogP contribution in [-0.4, -0.2) is 24.9 Å². The fraction of sp³-hybridized carbons (Fsp3) is 0.148. The summed E-state index contributed by atoms with van der Waals surface area (Å²) >= 11 is 1.78. The quantitative estimate of drug-likeness (QED) is 0.200. The zero-order valence-corrected chi connectivity index (χ0v) is 21.1. The van der Waals surface area contributed by atoms with Crippen molar-refractivity contribution in [3.63, 3.8) is 0 Å². The second kappa shape index (κ2) is 10.0. The van der Waals surface area contributed by atoms with E-state index >= 15 is 0 Å². The molecule has 0 saturated heterocycles. The molecular weight excluding hydrogens is 481 g/mol. The monoisotopic (exact) mass is 506 g/mol. The van der Waals surface area contributed by atoms with Crippen LogP contribution in [0.25, 0.3) is 17.0 Å². The van der Waals surface area contributed by atoms with Gasteiger partial charge in [-0.15, -0.1) is 0 Å². The molecule has 4 nitrogen and oxygen atoms in total. The molecule has 0 fully saturated rings. The molecule has 34 heavy (non-hydrogen) atoms. The molecule has 7 heteroatoms. The summed E-state index contributed by atoms with van der Waals surface area (Å²) in [5.74, 6) is -0.195. The van der Waals surface area contributed by atoms with E-state index in [1.54, 1.807) is 11.8 Å². The predicted octanol–water partition coefficient (Wildman–Crippen LogP) is 5.67. The van der Waals surface area contributed by atoms with Gasteiger partial charge in [-0.2, -0.15) is 13.0 Å². The first-order valence-electron chi connectivity index (χ1n) is 11.1. The molecule has 1 aliphatic heterocycles. The van der Waals surface area contributed by atoms with Gasteiger partial charge in [0.05, 0.1) is 11.1 Å². The Morgan fingerprint density at radius 1 is 0.912 bits per heavy atom. The summed E-state index contributed by atoms with van der Waals surface area (Å²) in [5, 5.41) is 2.49. The molecule has 0 saturated carbocycles. The van der Waals surface area contributed by atoms with Gasteiger partial charge in [-0.05, 0) is 49.6 Å². The maximum Gasteiger partial charge on any atom is 0.264 e. The van der Waals surface area contributed by atoms with E-state index in [0.29, 0.717) is 6.42 Å². The second-order valence-corrected chi connectivity index (χ2v) is 13.5. The first-order chi connectivity index (χ1) is 16.5. The SMILES string of the molecule is O=S(=O)(O)CCCP1C(=Cc2cc[n+](Cc3ccccc3)c3ccccc23)Sc2ccccc21. The molecule has 0 spiro atoms. The average molecular weight is 507 g/mol. The van der Waals surface area contributed by atoms with Crippen molar-refractivity contribution in [1.29, 1.82) is 0 Å². The lowest BCUT2D eigenvalue weighted by molar-refractivity contribution is -0.662. The molecule has 1 N–H and O–H groups in total. The summed E-state index contributed by atoms with van der Waals surface area (Å²) in [4.78, 5) is 1.24. The zero-order valence-electron chi connectivity index (χ0n) is 18.5. The molecule has 5 rings (SSSR count). The Labute approximate surface area is 205 Å². The number of fused-ring (bicyclic) bond motifs is 2. The van der Waals surface area contributed by atoms with Crippen LogP contribution in [0.4, 0.5) is 0 Å². The number of pyridine rings is 1. The van der Waals surface area contributed by atoms with Gasteiger partial charge in [0.2, 0.25) is 5.52 Å². The van der Waals surface area contributed by atoms with Crippen LogP contribution in [0.2, 0.25) is 0 Å². The summed E-state index contributed by atoms with van der Waals surface area (Å²) in [6.07, 6.45) is 5.61. The van der Waals surface area contributed by atoms with Crippen molar-refractivity contribution in [1.82, 2.24) is 0 Å². The highest BCUT2D eigenvalue weighted by atomic mass is 32.2. The molecule has 0 radical (unpaired) electrons. The molecule has 172 valence electrons. The van der Waals surface area contributed by atoms with Crippen LogP contribution in [0.5, 0.6) is 0 Å². The number of nitrogens with zero attached hydrogens (tertiary/aromatic N) is 1. The summed E-state index contributed by atoms with van der Waals surface area (Å²) in [7, 11) is -4.61. The van der Waals surface area contributed by atoms with Crippen LogP contribution in [0.1, 0.15) is 17.5 Å². The fourth-order valence-corrected chi connectivity index (χ4v) is 9.58. The predicted molar refractivity (Wildman–Crippen MR) is 142 cm³/mol. The van der Waals surface area contributed by atoms with Crippen LogP contribution in [-0.2, 0) is 16.7 Å². The van der Waals surface area contributed by atoms with E-state index in [4.69, 9.17) is 0 Å². The van der Waals surface area contributed by atoms with Gasteiger partial charge < -0.3 is 0 Å². The molecule has 1 unspecified atom stereocenters. The van der Waals surface area contributed by atoms with Crippen molar-refractivity contribution in [2.45, 2.75) is 17.9 Å².